The predicted molar refractivity (Wildman–Crippen MR) is 119 cm³/mol. The van der Waals surface area contributed by atoms with Crippen LogP contribution < -0.4 is 18.9 Å². The largest absolute Gasteiger partial charge is 0.493 e. The Balaban J connectivity index is 1.77. The van der Waals surface area contributed by atoms with Gasteiger partial charge in [0.1, 0.15) is 0 Å². The van der Waals surface area contributed by atoms with E-state index in [-0.39, 0.29) is 0 Å². The first-order valence-corrected chi connectivity index (χ1v) is 11.8. The van der Waals surface area contributed by atoms with E-state index in [1.807, 2.05) is 49.5 Å². The summed E-state index contributed by atoms with van der Waals surface area (Å²) < 4.78 is 22.8. The first-order valence-electron chi connectivity index (χ1n) is 9.69. The molecule has 1 heterocycles. The van der Waals surface area contributed by atoms with Gasteiger partial charge in [-0.3, -0.25) is 0 Å². The van der Waals surface area contributed by atoms with Gasteiger partial charge in [-0.25, -0.2) is 4.79 Å². The Bertz CT molecular complexity index is 834. The van der Waals surface area contributed by atoms with Gasteiger partial charge in [0, 0.05) is 11.5 Å². The molecule has 0 radical (unpaired) electrons. The van der Waals surface area contributed by atoms with Gasteiger partial charge in [0.25, 0.3) is 0 Å². The molecule has 0 bridgehead atoms. The number of carbonyl (C=O) groups is 1. The highest BCUT2D eigenvalue weighted by atomic mass is 32.2. The molecule has 0 aromatic heterocycles. The summed E-state index contributed by atoms with van der Waals surface area (Å²) in [6.07, 6.45) is 0.892. The Morgan fingerprint density at radius 2 is 1.72 bits per heavy atom. The minimum absolute atomic E-state index is 0.394. The van der Waals surface area contributed by atoms with Crippen molar-refractivity contribution in [2.75, 3.05) is 31.8 Å². The molecule has 1 aliphatic rings. The summed E-state index contributed by atoms with van der Waals surface area (Å²) >= 11 is 3.84. The number of hydrogen-bond acceptors (Lipinski definition) is 7. The fourth-order valence-electron chi connectivity index (χ4n) is 2.86. The number of rotatable bonds is 9. The molecule has 2 aromatic carbocycles. The zero-order valence-corrected chi connectivity index (χ0v) is 18.6. The van der Waals surface area contributed by atoms with Gasteiger partial charge in [-0.1, -0.05) is 13.0 Å². The lowest BCUT2D eigenvalue weighted by atomic mass is 10.2. The van der Waals surface area contributed by atoms with Gasteiger partial charge >= 0.3 is 5.97 Å². The SMILES string of the molecule is CCCOc1ccc(C(=O)Oc2ccc(C3SCCS3)cc2OC)cc1OCC. The summed E-state index contributed by atoms with van der Waals surface area (Å²) in [7, 11) is 1.58. The number of carbonyl (C=O) groups excluding carboxylic acids is 1. The van der Waals surface area contributed by atoms with Crippen molar-refractivity contribution < 1.29 is 23.7 Å². The van der Waals surface area contributed by atoms with Crippen LogP contribution in [0.3, 0.4) is 0 Å². The standard InChI is InChI=1S/C22H26O5S2/c1-4-10-26-17-8-6-15(13-20(17)25-5-2)21(23)27-18-9-7-16(14-19(18)24-3)22-28-11-12-29-22/h6-9,13-14,22H,4-5,10-12H2,1-3H3. The molecule has 1 aliphatic heterocycles. The zero-order chi connectivity index (χ0) is 20.6. The molecule has 1 fully saturated rings. The van der Waals surface area contributed by atoms with E-state index in [4.69, 9.17) is 18.9 Å². The van der Waals surface area contributed by atoms with Crippen LogP contribution in [0.5, 0.6) is 23.0 Å². The molecule has 156 valence electrons. The van der Waals surface area contributed by atoms with Gasteiger partial charge < -0.3 is 18.9 Å². The van der Waals surface area contributed by atoms with Crippen LogP contribution in [-0.2, 0) is 0 Å². The van der Waals surface area contributed by atoms with Gasteiger partial charge in [0.2, 0.25) is 0 Å². The second kappa shape index (κ2) is 10.7. The summed E-state index contributed by atoms with van der Waals surface area (Å²) in [6.45, 7) is 5.00. The summed E-state index contributed by atoms with van der Waals surface area (Å²) in [4.78, 5) is 12.7. The fourth-order valence-corrected chi connectivity index (χ4v) is 5.70. The van der Waals surface area contributed by atoms with E-state index in [0.29, 0.717) is 46.4 Å². The second-order valence-electron chi connectivity index (χ2n) is 6.32. The van der Waals surface area contributed by atoms with E-state index in [1.165, 1.54) is 5.56 Å². The average Bonchev–Trinajstić information content (AvgIpc) is 3.28. The highest BCUT2D eigenvalue weighted by Crippen LogP contribution is 2.47. The third kappa shape index (κ3) is 5.54. The molecule has 0 aliphatic carbocycles. The molecule has 1 saturated heterocycles. The van der Waals surface area contributed by atoms with Crippen LogP contribution in [0.15, 0.2) is 36.4 Å². The van der Waals surface area contributed by atoms with Crippen molar-refractivity contribution in [2.24, 2.45) is 0 Å². The number of ether oxygens (including phenoxy) is 4. The van der Waals surface area contributed by atoms with Gasteiger partial charge in [-0.15, -0.1) is 23.5 Å². The quantitative estimate of drug-likeness (QED) is 0.377. The van der Waals surface area contributed by atoms with Crippen LogP contribution in [0.4, 0.5) is 0 Å². The van der Waals surface area contributed by atoms with Gasteiger partial charge in [0.05, 0.1) is 30.5 Å². The number of methoxy groups -OCH3 is 1. The molecule has 7 heteroatoms. The maximum atomic E-state index is 12.7. The van der Waals surface area contributed by atoms with Crippen molar-refractivity contribution in [3.8, 4) is 23.0 Å². The average molecular weight is 435 g/mol. The van der Waals surface area contributed by atoms with E-state index in [2.05, 4.69) is 0 Å². The predicted octanol–water partition coefficient (Wildman–Crippen LogP) is 5.58. The molecule has 3 rings (SSSR count). The number of thioether (sulfide) groups is 2. The van der Waals surface area contributed by atoms with Crippen molar-refractivity contribution in [3.05, 3.63) is 47.5 Å². The van der Waals surface area contributed by atoms with Crippen molar-refractivity contribution >= 4 is 29.5 Å². The lowest BCUT2D eigenvalue weighted by molar-refractivity contribution is 0.0729. The molecule has 2 aromatic rings. The normalized spacial score (nSPS) is 13.9. The molecule has 0 unspecified atom stereocenters. The third-order valence-corrected chi connectivity index (χ3v) is 7.33. The third-order valence-electron chi connectivity index (χ3n) is 4.23. The van der Waals surface area contributed by atoms with Crippen LogP contribution in [0.25, 0.3) is 0 Å². The van der Waals surface area contributed by atoms with E-state index in [0.717, 1.165) is 17.9 Å². The monoisotopic (exact) mass is 434 g/mol. The molecule has 29 heavy (non-hydrogen) atoms. The lowest BCUT2D eigenvalue weighted by Gasteiger charge is -2.15. The fraction of sp³-hybridized carbons (Fsp3) is 0.409. The summed E-state index contributed by atoms with van der Waals surface area (Å²) in [5.74, 6) is 3.94. The van der Waals surface area contributed by atoms with Crippen molar-refractivity contribution in [1.29, 1.82) is 0 Å². The Morgan fingerprint density at radius 3 is 2.41 bits per heavy atom. The van der Waals surface area contributed by atoms with Crippen LogP contribution in [0, 0.1) is 0 Å². The minimum atomic E-state index is -0.469. The van der Waals surface area contributed by atoms with Gasteiger partial charge in [-0.2, -0.15) is 0 Å². The number of hydrogen-bond donors (Lipinski definition) is 0. The Kier molecular flexibility index (Phi) is 8.00. The van der Waals surface area contributed by atoms with Crippen LogP contribution in [-0.4, -0.2) is 37.8 Å². The van der Waals surface area contributed by atoms with Gasteiger partial charge in [-0.05, 0) is 49.2 Å². The van der Waals surface area contributed by atoms with Crippen LogP contribution in [0.1, 0.15) is 40.8 Å². The lowest BCUT2D eigenvalue weighted by Crippen LogP contribution is -2.10. The summed E-state index contributed by atoms with van der Waals surface area (Å²) in [5, 5.41) is 0. The van der Waals surface area contributed by atoms with E-state index < -0.39 is 5.97 Å². The topological polar surface area (TPSA) is 54.0 Å². The summed E-state index contributed by atoms with van der Waals surface area (Å²) in [6, 6.07) is 10.8. The smallest absolute Gasteiger partial charge is 0.343 e. The molecular weight excluding hydrogens is 408 g/mol. The zero-order valence-electron chi connectivity index (χ0n) is 16.9. The highest BCUT2D eigenvalue weighted by molar-refractivity contribution is 8.19. The first-order chi connectivity index (χ1) is 14.2. The van der Waals surface area contributed by atoms with E-state index in [1.54, 1.807) is 31.4 Å². The van der Waals surface area contributed by atoms with E-state index >= 15 is 0 Å². The molecule has 5 nitrogen and oxygen atoms in total. The van der Waals surface area contributed by atoms with Gasteiger partial charge in [0.15, 0.2) is 23.0 Å². The molecular formula is C22H26O5S2. The van der Waals surface area contributed by atoms with Crippen LogP contribution in [0.2, 0.25) is 0 Å². The first kappa shape index (κ1) is 21.7. The second-order valence-corrected chi connectivity index (χ2v) is 9.04. The van der Waals surface area contributed by atoms with Crippen LogP contribution >= 0.6 is 23.5 Å². The molecule has 0 amide bonds. The van der Waals surface area contributed by atoms with E-state index in [9.17, 15) is 4.79 Å². The number of benzene rings is 2. The Hall–Kier alpha value is -1.99. The minimum Gasteiger partial charge on any atom is -0.493 e. The number of esters is 1. The Labute approximate surface area is 180 Å². The van der Waals surface area contributed by atoms with Crippen molar-refractivity contribution in [1.82, 2.24) is 0 Å². The Morgan fingerprint density at radius 1 is 0.966 bits per heavy atom. The maximum Gasteiger partial charge on any atom is 0.343 e. The highest BCUT2D eigenvalue weighted by Gasteiger charge is 2.21. The summed E-state index contributed by atoms with van der Waals surface area (Å²) in [5.41, 5.74) is 1.57. The molecule has 0 spiro atoms. The molecule has 0 saturated carbocycles. The maximum absolute atomic E-state index is 12.7. The van der Waals surface area contributed by atoms with Crippen molar-refractivity contribution in [3.63, 3.8) is 0 Å². The molecule has 0 N–H and O–H groups in total. The van der Waals surface area contributed by atoms with Crippen molar-refractivity contribution in [2.45, 2.75) is 24.9 Å². The molecule has 0 atom stereocenters.